The van der Waals surface area contributed by atoms with Crippen LogP contribution in [0.25, 0.3) is 10.9 Å². The molecular weight excluding hydrogens is 314 g/mol. The standard InChI is InChI=1S/C17H17NO4S/c1-12-3-6-15(7-4-12)23(20,21)18-10-13(11-19)16-9-14(22-2)5-8-17(16)18/h3-10,19H,11H2,1-2H3. The highest BCUT2D eigenvalue weighted by molar-refractivity contribution is 7.90. The van der Waals surface area contributed by atoms with E-state index in [0.29, 0.717) is 22.2 Å². The second-order valence-electron chi connectivity index (χ2n) is 5.31. The largest absolute Gasteiger partial charge is 0.497 e. The van der Waals surface area contributed by atoms with Gasteiger partial charge in [0, 0.05) is 17.1 Å². The minimum atomic E-state index is -3.73. The molecule has 0 spiro atoms. The molecule has 3 aromatic rings. The molecule has 0 atom stereocenters. The summed E-state index contributed by atoms with van der Waals surface area (Å²) in [6.45, 7) is 1.65. The van der Waals surface area contributed by atoms with Crippen LogP contribution >= 0.6 is 0 Å². The van der Waals surface area contributed by atoms with Gasteiger partial charge in [-0.2, -0.15) is 0 Å². The molecule has 5 nitrogen and oxygen atoms in total. The fourth-order valence-corrected chi connectivity index (χ4v) is 3.91. The number of aromatic nitrogens is 1. The van der Waals surface area contributed by atoms with Crippen LogP contribution in [0.3, 0.4) is 0 Å². The van der Waals surface area contributed by atoms with Gasteiger partial charge in [0.2, 0.25) is 0 Å². The van der Waals surface area contributed by atoms with Gasteiger partial charge < -0.3 is 9.84 Å². The van der Waals surface area contributed by atoms with E-state index in [0.717, 1.165) is 5.56 Å². The second kappa shape index (κ2) is 5.72. The fraction of sp³-hybridized carbons (Fsp3) is 0.176. The van der Waals surface area contributed by atoms with Gasteiger partial charge in [-0.25, -0.2) is 12.4 Å². The topological polar surface area (TPSA) is 68.5 Å². The highest BCUT2D eigenvalue weighted by Gasteiger charge is 2.21. The van der Waals surface area contributed by atoms with E-state index in [9.17, 15) is 13.5 Å². The van der Waals surface area contributed by atoms with Gasteiger partial charge in [0.15, 0.2) is 0 Å². The third-order valence-corrected chi connectivity index (χ3v) is 5.50. The lowest BCUT2D eigenvalue weighted by Crippen LogP contribution is -2.11. The van der Waals surface area contributed by atoms with E-state index in [1.165, 1.54) is 10.2 Å². The zero-order valence-corrected chi connectivity index (χ0v) is 13.7. The minimum Gasteiger partial charge on any atom is -0.497 e. The normalized spacial score (nSPS) is 11.8. The number of methoxy groups -OCH3 is 1. The van der Waals surface area contributed by atoms with Gasteiger partial charge in [-0.05, 0) is 37.3 Å². The Hall–Kier alpha value is -2.31. The maximum atomic E-state index is 12.9. The first-order valence-electron chi connectivity index (χ1n) is 7.08. The number of aliphatic hydroxyl groups is 1. The third-order valence-electron chi connectivity index (χ3n) is 3.81. The second-order valence-corrected chi connectivity index (χ2v) is 7.12. The molecule has 120 valence electrons. The van der Waals surface area contributed by atoms with Crippen molar-refractivity contribution in [2.75, 3.05) is 7.11 Å². The van der Waals surface area contributed by atoms with Crippen molar-refractivity contribution < 1.29 is 18.3 Å². The van der Waals surface area contributed by atoms with Gasteiger partial charge in [0.05, 0.1) is 24.1 Å². The van der Waals surface area contributed by atoms with Gasteiger partial charge >= 0.3 is 0 Å². The van der Waals surface area contributed by atoms with Crippen LogP contribution in [0.4, 0.5) is 0 Å². The number of rotatable bonds is 4. The zero-order chi connectivity index (χ0) is 16.6. The molecule has 1 heterocycles. The lowest BCUT2D eigenvalue weighted by Gasteiger charge is -2.08. The minimum absolute atomic E-state index is 0.209. The summed E-state index contributed by atoms with van der Waals surface area (Å²) in [5.41, 5.74) is 2.03. The average molecular weight is 331 g/mol. The molecule has 3 rings (SSSR count). The lowest BCUT2D eigenvalue weighted by atomic mass is 10.2. The molecule has 0 saturated heterocycles. The molecule has 1 N–H and O–H groups in total. The predicted octanol–water partition coefficient (Wildman–Crippen LogP) is 2.69. The van der Waals surface area contributed by atoms with Crippen molar-refractivity contribution in [3.63, 3.8) is 0 Å². The molecule has 0 amide bonds. The van der Waals surface area contributed by atoms with Gasteiger partial charge in [-0.3, -0.25) is 0 Å². The summed E-state index contributed by atoms with van der Waals surface area (Å²) in [5, 5.41) is 10.2. The molecule has 0 saturated carbocycles. The van der Waals surface area contributed by atoms with Gasteiger partial charge in [0.25, 0.3) is 10.0 Å². The number of fused-ring (bicyclic) bond motifs is 1. The SMILES string of the molecule is COc1ccc2c(c1)c(CO)cn2S(=O)(=O)c1ccc(C)cc1. The number of ether oxygens (including phenoxy) is 1. The first kappa shape index (κ1) is 15.6. The number of aliphatic hydroxyl groups excluding tert-OH is 1. The van der Waals surface area contributed by atoms with Crippen molar-refractivity contribution in [3.05, 3.63) is 59.8 Å². The summed E-state index contributed by atoms with van der Waals surface area (Å²) in [4.78, 5) is 0.209. The van der Waals surface area contributed by atoms with Gasteiger partial charge in [-0.1, -0.05) is 17.7 Å². The molecule has 0 aliphatic heterocycles. The van der Waals surface area contributed by atoms with Crippen LogP contribution in [0.2, 0.25) is 0 Å². The van der Waals surface area contributed by atoms with Gasteiger partial charge in [-0.15, -0.1) is 0 Å². The Morgan fingerprint density at radius 1 is 1.13 bits per heavy atom. The molecular formula is C17H17NO4S. The summed E-state index contributed by atoms with van der Waals surface area (Å²) >= 11 is 0. The Morgan fingerprint density at radius 3 is 2.43 bits per heavy atom. The van der Waals surface area contributed by atoms with Crippen LogP contribution in [0.1, 0.15) is 11.1 Å². The summed E-state index contributed by atoms with van der Waals surface area (Å²) < 4.78 is 32.2. The Labute approximate surface area is 134 Å². The first-order valence-corrected chi connectivity index (χ1v) is 8.52. The molecule has 0 bridgehead atoms. The van der Waals surface area contributed by atoms with Crippen LogP contribution in [0.15, 0.2) is 53.6 Å². The molecule has 0 radical (unpaired) electrons. The van der Waals surface area contributed by atoms with E-state index in [4.69, 9.17) is 4.74 Å². The number of nitrogens with zero attached hydrogens (tertiary/aromatic N) is 1. The maximum Gasteiger partial charge on any atom is 0.268 e. The van der Waals surface area contributed by atoms with E-state index >= 15 is 0 Å². The summed E-state index contributed by atoms with van der Waals surface area (Å²) in [6, 6.07) is 11.8. The van der Waals surface area contributed by atoms with Crippen LogP contribution in [-0.4, -0.2) is 24.6 Å². The summed E-state index contributed by atoms with van der Waals surface area (Å²) in [7, 11) is -2.18. The quantitative estimate of drug-likeness (QED) is 0.798. The average Bonchev–Trinajstić information content (AvgIpc) is 2.93. The number of benzene rings is 2. The summed E-state index contributed by atoms with van der Waals surface area (Å²) in [5.74, 6) is 0.609. The van der Waals surface area contributed by atoms with Crippen molar-refractivity contribution in [2.24, 2.45) is 0 Å². The lowest BCUT2D eigenvalue weighted by molar-refractivity contribution is 0.283. The van der Waals surface area contributed by atoms with Crippen LogP contribution in [-0.2, 0) is 16.6 Å². The van der Waals surface area contributed by atoms with E-state index in [2.05, 4.69) is 0 Å². The molecule has 23 heavy (non-hydrogen) atoms. The van der Waals surface area contributed by atoms with E-state index in [-0.39, 0.29) is 11.5 Å². The highest BCUT2D eigenvalue weighted by Crippen LogP contribution is 2.29. The van der Waals surface area contributed by atoms with E-state index in [1.54, 1.807) is 49.6 Å². The molecule has 6 heteroatoms. The van der Waals surface area contributed by atoms with Crippen LogP contribution in [0.5, 0.6) is 5.75 Å². The smallest absolute Gasteiger partial charge is 0.268 e. The molecule has 0 aliphatic rings. The highest BCUT2D eigenvalue weighted by atomic mass is 32.2. The van der Waals surface area contributed by atoms with Crippen molar-refractivity contribution in [2.45, 2.75) is 18.4 Å². The maximum absolute atomic E-state index is 12.9. The Balaban J connectivity index is 2.25. The fourth-order valence-electron chi connectivity index (χ4n) is 2.52. The Bertz CT molecular complexity index is 956. The third kappa shape index (κ3) is 2.60. The Morgan fingerprint density at radius 2 is 1.83 bits per heavy atom. The number of hydrogen-bond acceptors (Lipinski definition) is 4. The van der Waals surface area contributed by atoms with Crippen molar-refractivity contribution in [3.8, 4) is 5.75 Å². The van der Waals surface area contributed by atoms with Crippen LogP contribution < -0.4 is 4.74 Å². The predicted molar refractivity (Wildman–Crippen MR) is 88.2 cm³/mol. The van der Waals surface area contributed by atoms with Crippen molar-refractivity contribution in [1.82, 2.24) is 3.97 Å². The molecule has 2 aromatic carbocycles. The first-order chi connectivity index (χ1) is 11.0. The Kier molecular flexibility index (Phi) is 3.87. The van der Waals surface area contributed by atoms with E-state index in [1.807, 2.05) is 6.92 Å². The van der Waals surface area contributed by atoms with E-state index < -0.39 is 10.0 Å². The molecule has 0 unspecified atom stereocenters. The number of aryl methyl sites for hydroxylation is 1. The van der Waals surface area contributed by atoms with Crippen LogP contribution in [0, 0.1) is 6.92 Å². The molecule has 1 aromatic heterocycles. The molecule has 0 fully saturated rings. The van der Waals surface area contributed by atoms with Gasteiger partial charge in [0.1, 0.15) is 5.75 Å². The zero-order valence-electron chi connectivity index (χ0n) is 12.9. The van der Waals surface area contributed by atoms with Crippen molar-refractivity contribution >= 4 is 20.9 Å². The monoisotopic (exact) mass is 331 g/mol. The summed E-state index contributed by atoms with van der Waals surface area (Å²) in [6.07, 6.45) is 1.46. The number of hydrogen-bond donors (Lipinski definition) is 1. The van der Waals surface area contributed by atoms with Crippen molar-refractivity contribution in [1.29, 1.82) is 0 Å². The molecule has 0 aliphatic carbocycles.